The SMILES string of the molecule is CCC(CC(=O)N(CC)c1nc2c(F)c(F)cc(F)c2s1)C(=O)OC. The second-order valence-corrected chi connectivity index (χ2v) is 6.28. The third kappa shape index (κ3) is 3.76. The number of thiazole rings is 1. The summed E-state index contributed by atoms with van der Waals surface area (Å²) in [4.78, 5) is 29.2. The van der Waals surface area contributed by atoms with Crippen molar-refractivity contribution in [3.8, 4) is 0 Å². The minimum absolute atomic E-state index is 0.0469. The van der Waals surface area contributed by atoms with E-state index in [1.165, 1.54) is 12.0 Å². The van der Waals surface area contributed by atoms with E-state index in [9.17, 15) is 22.8 Å². The zero-order valence-corrected chi connectivity index (χ0v) is 14.8. The van der Waals surface area contributed by atoms with Gasteiger partial charge in [-0.2, -0.15) is 0 Å². The van der Waals surface area contributed by atoms with Crippen molar-refractivity contribution in [1.29, 1.82) is 0 Å². The van der Waals surface area contributed by atoms with Crippen LogP contribution in [-0.4, -0.2) is 30.5 Å². The molecule has 2 aromatic rings. The third-order valence-electron chi connectivity index (χ3n) is 3.80. The molecule has 25 heavy (non-hydrogen) atoms. The smallest absolute Gasteiger partial charge is 0.309 e. The zero-order valence-electron chi connectivity index (χ0n) is 13.9. The number of hydrogen-bond donors (Lipinski definition) is 0. The van der Waals surface area contributed by atoms with Crippen molar-refractivity contribution in [2.24, 2.45) is 5.92 Å². The van der Waals surface area contributed by atoms with Gasteiger partial charge in [0.15, 0.2) is 16.8 Å². The average Bonchev–Trinajstić information content (AvgIpc) is 3.03. The van der Waals surface area contributed by atoms with E-state index in [-0.39, 0.29) is 22.8 Å². The number of fused-ring (bicyclic) bond motifs is 1. The van der Waals surface area contributed by atoms with Crippen LogP contribution in [0.4, 0.5) is 18.3 Å². The molecule has 0 aliphatic carbocycles. The van der Waals surface area contributed by atoms with Gasteiger partial charge in [-0.25, -0.2) is 18.2 Å². The van der Waals surface area contributed by atoms with Crippen molar-refractivity contribution < 1.29 is 27.5 Å². The summed E-state index contributed by atoms with van der Waals surface area (Å²) < 4.78 is 45.4. The molecule has 1 unspecified atom stereocenters. The van der Waals surface area contributed by atoms with Gasteiger partial charge in [-0.1, -0.05) is 18.3 Å². The Hall–Kier alpha value is -2.16. The summed E-state index contributed by atoms with van der Waals surface area (Å²) in [5, 5.41) is 0.0469. The number of methoxy groups -OCH3 is 1. The predicted octanol–water partition coefficient (Wildman–Crippen LogP) is 3.66. The van der Waals surface area contributed by atoms with E-state index < -0.39 is 40.8 Å². The Kier molecular flexibility index (Phi) is 5.99. The summed E-state index contributed by atoms with van der Waals surface area (Å²) in [7, 11) is 1.24. The van der Waals surface area contributed by atoms with Crippen LogP contribution in [-0.2, 0) is 14.3 Å². The summed E-state index contributed by atoms with van der Waals surface area (Å²) in [6, 6.07) is 0.447. The molecule has 5 nitrogen and oxygen atoms in total. The maximum absolute atomic E-state index is 13.8. The van der Waals surface area contributed by atoms with Gasteiger partial charge in [-0.15, -0.1) is 0 Å². The molecule has 0 aliphatic heterocycles. The number of aromatic nitrogens is 1. The van der Waals surface area contributed by atoms with Gasteiger partial charge < -0.3 is 4.74 Å². The number of ether oxygens (including phenoxy) is 1. The third-order valence-corrected chi connectivity index (χ3v) is 4.89. The van der Waals surface area contributed by atoms with Gasteiger partial charge in [-0.05, 0) is 13.3 Å². The van der Waals surface area contributed by atoms with Gasteiger partial charge in [0.25, 0.3) is 0 Å². The second-order valence-electron chi connectivity index (χ2n) is 5.30. The minimum atomic E-state index is -1.34. The first-order valence-corrected chi connectivity index (χ1v) is 8.47. The first-order chi connectivity index (χ1) is 11.8. The molecule has 0 radical (unpaired) electrons. The summed E-state index contributed by atoms with van der Waals surface area (Å²) in [6.07, 6.45) is 0.288. The Bertz CT molecular complexity index is 810. The summed E-state index contributed by atoms with van der Waals surface area (Å²) in [5.41, 5.74) is -0.455. The van der Waals surface area contributed by atoms with E-state index in [1.807, 2.05) is 0 Å². The predicted molar refractivity (Wildman–Crippen MR) is 87.9 cm³/mol. The highest BCUT2D eigenvalue weighted by molar-refractivity contribution is 7.22. The molecule has 0 spiro atoms. The van der Waals surface area contributed by atoms with E-state index in [1.54, 1.807) is 13.8 Å². The van der Waals surface area contributed by atoms with Gasteiger partial charge >= 0.3 is 5.97 Å². The lowest BCUT2D eigenvalue weighted by molar-refractivity contribution is -0.147. The molecule has 0 saturated carbocycles. The normalized spacial score (nSPS) is 12.2. The number of esters is 1. The maximum atomic E-state index is 13.8. The number of rotatable bonds is 6. The molecule has 0 fully saturated rings. The Morgan fingerprint density at radius 1 is 1.28 bits per heavy atom. The lowest BCUT2D eigenvalue weighted by atomic mass is 10.0. The van der Waals surface area contributed by atoms with Crippen LogP contribution in [0.1, 0.15) is 26.7 Å². The number of benzene rings is 1. The highest BCUT2D eigenvalue weighted by Gasteiger charge is 2.27. The number of carbonyl (C=O) groups excluding carboxylic acids is 2. The zero-order chi connectivity index (χ0) is 18.7. The largest absolute Gasteiger partial charge is 0.469 e. The minimum Gasteiger partial charge on any atom is -0.469 e. The number of carbonyl (C=O) groups is 2. The van der Waals surface area contributed by atoms with Crippen molar-refractivity contribution in [1.82, 2.24) is 4.98 Å². The molecule has 1 aromatic carbocycles. The Morgan fingerprint density at radius 3 is 2.52 bits per heavy atom. The van der Waals surface area contributed by atoms with Crippen molar-refractivity contribution >= 4 is 38.6 Å². The van der Waals surface area contributed by atoms with Gasteiger partial charge in [0.2, 0.25) is 5.91 Å². The van der Waals surface area contributed by atoms with Crippen LogP contribution in [0.15, 0.2) is 6.07 Å². The topological polar surface area (TPSA) is 59.5 Å². The molecule has 2 rings (SSSR count). The lowest BCUT2D eigenvalue weighted by Crippen LogP contribution is -2.33. The molecular weight excluding hydrogens is 357 g/mol. The first-order valence-electron chi connectivity index (χ1n) is 7.66. The Labute approximate surface area is 146 Å². The van der Waals surface area contributed by atoms with Crippen LogP contribution in [0.2, 0.25) is 0 Å². The quantitative estimate of drug-likeness (QED) is 0.572. The molecule has 0 bridgehead atoms. The highest BCUT2D eigenvalue weighted by atomic mass is 32.1. The van der Waals surface area contributed by atoms with Crippen molar-refractivity contribution in [3.63, 3.8) is 0 Å². The number of hydrogen-bond acceptors (Lipinski definition) is 5. The fourth-order valence-electron chi connectivity index (χ4n) is 2.39. The molecule has 1 heterocycles. The molecule has 0 saturated heterocycles. The van der Waals surface area contributed by atoms with E-state index in [4.69, 9.17) is 0 Å². The van der Waals surface area contributed by atoms with E-state index >= 15 is 0 Å². The molecule has 9 heteroatoms. The first kappa shape index (κ1) is 19.2. The standard InChI is InChI=1S/C16H17F3N2O3S/c1-4-8(15(23)24-3)6-11(22)21(5-2)16-20-13-12(19)9(17)7-10(18)14(13)25-16/h7-8H,4-6H2,1-3H3. The van der Waals surface area contributed by atoms with Crippen LogP contribution in [0.3, 0.4) is 0 Å². The fourth-order valence-corrected chi connectivity index (χ4v) is 3.44. The maximum Gasteiger partial charge on any atom is 0.309 e. The molecule has 0 N–H and O–H groups in total. The van der Waals surface area contributed by atoms with Crippen molar-refractivity contribution in [2.75, 3.05) is 18.6 Å². The summed E-state index contributed by atoms with van der Waals surface area (Å²) in [5.74, 6) is -5.10. The average molecular weight is 374 g/mol. The van der Waals surface area contributed by atoms with Gasteiger partial charge in [0, 0.05) is 19.0 Å². The molecule has 0 aliphatic rings. The number of anilines is 1. The van der Waals surface area contributed by atoms with E-state index in [0.717, 1.165) is 11.3 Å². The van der Waals surface area contributed by atoms with Crippen LogP contribution in [0, 0.1) is 23.4 Å². The van der Waals surface area contributed by atoms with Gasteiger partial charge in [0.1, 0.15) is 11.3 Å². The molecule has 136 valence electrons. The van der Waals surface area contributed by atoms with Crippen LogP contribution < -0.4 is 4.90 Å². The molecule has 1 aromatic heterocycles. The van der Waals surface area contributed by atoms with Crippen LogP contribution in [0.5, 0.6) is 0 Å². The van der Waals surface area contributed by atoms with Crippen molar-refractivity contribution in [2.45, 2.75) is 26.7 Å². The van der Waals surface area contributed by atoms with E-state index in [0.29, 0.717) is 12.5 Å². The van der Waals surface area contributed by atoms with Gasteiger partial charge in [0.05, 0.1) is 17.7 Å². The second kappa shape index (κ2) is 7.81. The lowest BCUT2D eigenvalue weighted by Gasteiger charge is -2.20. The van der Waals surface area contributed by atoms with Crippen molar-refractivity contribution in [3.05, 3.63) is 23.5 Å². The number of nitrogens with zero attached hydrogens (tertiary/aromatic N) is 2. The van der Waals surface area contributed by atoms with Crippen LogP contribution >= 0.6 is 11.3 Å². The summed E-state index contributed by atoms with van der Waals surface area (Å²) >= 11 is 0.753. The van der Waals surface area contributed by atoms with Crippen LogP contribution in [0.25, 0.3) is 10.2 Å². The monoisotopic (exact) mass is 374 g/mol. The Morgan fingerprint density at radius 2 is 1.96 bits per heavy atom. The van der Waals surface area contributed by atoms with Gasteiger partial charge in [-0.3, -0.25) is 14.5 Å². The summed E-state index contributed by atoms with van der Waals surface area (Å²) in [6.45, 7) is 3.59. The number of amides is 1. The fraction of sp³-hybridized carbons (Fsp3) is 0.438. The van der Waals surface area contributed by atoms with E-state index in [2.05, 4.69) is 9.72 Å². The Balaban J connectivity index is 2.36. The molecule has 1 amide bonds. The number of halogens is 3. The molecular formula is C16H17F3N2O3S. The molecule has 1 atom stereocenters. The highest BCUT2D eigenvalue weighted by Crippen LogP contribution is 2.34.